The first kappa shape index (κ1) is 36.5. The predicted octanol–water partition coefficient (Wildman–Crippen LogP) is 5.39. The Morgan fingerprint density at radius 2 is 1.06 bits per heavy atom. The molecule has 96 valence electrons. The molecule has 16 heavy (non-hydrogen) atoms. The van der Waals surface area contributed by atoms with Gasteiger partial charge in [-0.25, -0.2) is 0 Å². The van der Waals surface area contributed by atoms with Gasteiger partial charge in [0.15, 0.2) is 0 Å². The van der Waals surface area contributed by atoms with Crippen molar-refractivity contribution in [3.63, 3.8) is 0 Å². The van der Waals surface area contributed by atoms with Crippen molar-refractivity contribution in [2.75, 3.05) is 0 Å². The van der Waals surface area contributed by atoms with Crippen LogP contribution in [0.5, 0.6) is 0 Å². The topological polar surface area (TPSA) is 0 Å². The molecular weight excluding hydrogens is 192 g/mol. The second-order valence-electron chi connectivity index (χ2n) is 1.84. The number of hydrogen-bond donors (Lipinski definition) is 0. The maximum Gasteiger partial charge on any atom is 0.00601 e. The zero-order valence-corrected chi connectivity index (χ0v) is 9.49. The van der Waals surface area contributed by atoms with Crippen molar-refractivity contribution in [3.8, 4) is 36.0 Å². The molecule has 0 aromatic carbocycles. The molecule has 0 fully saturated rings. The Balaban J connectivity index is -0.0000000216. The summed E-state index contributed by atoms with van der Waals surface area (Å²) in [4.78, 5) is 0. The molecule has 0 radical (unpaired) electrons. The van der Waals surface area contributed by atoms with E-state index in [9.17, 15) is 0 Å². The summed E-state index contributed by atoms with van der Waals surface area (Å²) in [6.07, 6.45) is 6.61. The van der Waals surface area contributed by atoms with E-state index in [-0.39, 0.29) is 22.3 Å². The first-order chi connectivity index (χ1) is 6.24. The van der Waals surface area contributed by atoms with Crippen LogP contribution in [0, 0.1) is 36.0 Å². The summed E-state index contributed by atoms with van der Waals surface area (Å²) in [5.41, 5.74) is 0. The SMILES string of the molecule is C.C.C.C#CCC.CC#CC.CC#CCC. The minimum Gasteiger partial charge on any atom is -0.120 e. The van der Waals surface area contributed by atoms with Crippen LogP contribution in [-0.2, 0) is 0 Å². The van der Waals surface area contributed by atoms with Crippen molar-refractivity contribution < 1.29 is 0 Å². The summed E-state index contributed by atoms with van der Waals surface area (Å²) in [7, 11) is 0. The van der Waals surface area contributed by atoms with Crippen LogP contribution in [0.4, 0.5) is 0 Å². The van der Waals surface area contributed by atoms with Gasteiger partial charge in [-0.15, -0.1) is 36.0 Å². The quantitative estimate of drug-likeness (QED) is 0.484. The average molecular weight is 224 g/mol. The Labute approximate surface area is 106 Å². The lowest BCUT2D eigenvalue weighted by molar-refractivity contribution is 1.28. The molecule has 0 nitrogen and oxygen atoms in total. The van der Waals surface area contributed by atoms with E-state index in [4.69, 9.17) is 6.42 Å². The minimum absolute atomic E-state index is 0. The van der Waals surface area contributed by atoms with Crippen LogP contribution < -0.4 is 0 Å². The summed E-state index contributed by atoms with van der Waals surface area (Å²) in [6.45, 7) is 9.47. The molecule has 0 rings (SSSR count). The monoisotopic (exact) mass is 224 g/mol. The third kappa shape index (κ3) is 241. The van der Waals surface area contributed by atoms with Gasteiger partial charge in [0.1, 0.15) is 0 Å². The normalized spacial score (nSPS) is 3.75. The molecule has 0 spiro atoms. The highest BCUT2D eigenvalue weighted by Crippen LogP contribution is 1.62. The lowest BCUT2D eigenvalue weighted by atomic mass is 10.5. The second-order valence-corrected chi connectivity index (χ2v) is 1.84. The number of terminal acetylenes is 1. The fraction of sp³-hybridized carbons (Fsp3) is 0.625. The summed E-state index contributed by atoms with van der Waals surface area (Å²) < 4.78 is 0. The highest BCUT2D eigenvalue weighted by Gasteiger charge is 1.48. The summed E-state index contributed by atoms with van der Waals surface area (Å²) in [5, 5.41) is 0. The van der Waals surface area contributed by atoms with Gasteiger partial charge in [0.2, 0.25) is 0 Å². The van der Waals surface area contributed by atoms with Crippen LogP contribution in [0.15, 0.2) is 0 Å². The summed E-state index contributed by atoms with van der Waals surface area (Å²) in [5.74, 6) is 13.4. The molecule has 0 unspecified atom stereocenters. The first-order valence-electron chi connectivity index (χ1n) is 4.41. The molecule has 0 aliphatic heterocycles. The smallest absolute Gasteiger partial charge is 0.00601 e. The van der Waals surface area contributed by atoms with E-state index >= 15 is 0 Å². The number of rotatable bonds is 0. The van der Waals surface area contributed by atoms with E-state index in [0.717, 1.165) is 12.8 Å². The average Bonchev–Trinajstić information content (AvgIpc) is 2.20. The fourth-order valence-corrected chi connectivity index (χ4v) is 0.177. The third-order valence-corrected chi connectivity index (χ3v) is 0.808. The largest absolute Gasteiger partial charge is 0.120 e. The zero-order valence-electron chi connectivity index (χ0n) is 9.49. The molecule has 0 amide bonds. The van der Waals surface area contributed by atoms with Crippen LogP contribution >= 0.6 is 0 Å². The molecule has 0 aliphatic carbocycles. The molecule has 0 heterocycles. The lowest BCUT2D eigenvalue weighted by Crippen LogP contribution is -1.45. The highest BCUT2D eigenvalue weighted by molar-refractivity contribution is 4.92. The van der Waals surface area contributed by atoms with Crippen molar-refractivity contribution in [1.82, 2.24) is 0 Å². The molecule has 0 aromatic heterocycles. The standard InChI is InChI=1S/C5H8.2C4H6.3CH4/c1-3-5-4-2;2*1-3-4-2;;;/h3H2,1-2H3;1-2H3;1H,4H2,2H3;3*1H4. The van der Waals surface area contributed by atoms with E-state index in [1.807, 2.05) is 34.6 Å². The van der Waals surface area contributed by atoms with Crippen molar-refractivity contribution in [2.24, 2.45) is 0 Å². The van der Waals surface area contributed by atoms with Gasteiger partial charge in [-0.3, -0.25) is 0 Å². The van der Waals surface area contributed by atoms with E-state index in [0.29, 0.717) is 0 Å². The zero-order chi connectivity index (χ0) is 10.9. The Morgan fingerprint density at radius 1 is 0.750 bits per heavy atom. The Kier molecular flexibility index (Phi) is 155. The van der Waals surface area contributed by atoms with Gasteiger partial charge in [-0.05, 0) is 20.8 Å². The Morgan fingerprint density at radius 3 is 1.06 bits per heavy atom. The van der Waals surface area contributed by atoms with Gasteiger partial charge >= 0.3 is 0 Å². The molecular formula is C16H32. The number of hydrogen-bond acceptors (Lipinski definition) is 0. The van der Waals surface area contributed by atoms with Gasteiger partial charge in [0, 0.05) is 12.8 Å². The molecule has 0 N–H and O–H groups in total. The third-order valence-electron chi connectivity index (χ3n) is 0.808. The van der Waals surface area contributed by atoms with Gasteiger partial charge in [0.25, 0.3) is 0 Å². The fourth-order valence-electron chi connectivity index (χ4n) is 0.177. The molecule has 0 saturated carbocycles. The van der Waals surface area contributed by atoms with Crippen LogP contribution in [0.25, 0.3) is 0 Å². The Bertz CT molecular complexity index is 200. The molecule has 0 saturated heterocycles. The Hall–Kier alpha value is -1.32. The van der Waals surface area contributed by atoms with Crippen molar-refractivity contribution >= 4 is 0 Å². The van der Waals surface area contributed by atoms with Crippen LogP contribution in [-0.4, -0.2) is 0 Å². The van der Waals surface area contributed by atoms with Crippen molar-refractivity contribution in [1.29, 1.82) is 0 Å². The van der Waals surface area contributed by atoms with Crippen LogP contribution in [0.3, 0.4) is 0 Å². The van der Waals surface area contributed by atoms with Gasteiger partial charge in [-0.1, -0.05) is 36.1 Å². The second kappa shape index (κ2) is 68.2. The lowest BCUT2D eigenvalue weighted by Gasteiger charge is -1.58. The predicted molar refractivity (Wildman–Crippen MR) is 82.2 cm³/mol. The first-order valence-corrected chi connectivity index (χ1v) is 4.41. The van der Waals surface area contributed by atoms with Crippen LogP contribution in [0.2, 0.25) is 0 Å². The molecule has 0 atom stereocenters. The highest BCUT2D eigenvalue weighted by atomic mass is 13.5. The van der Waals surface area contributed by atoms with Gasteiger partial charge in [0.05, 0.1) is 0 Å². The van der Waals surface area contributed by atoms with Crippen molar-refractivity contribution in [2.45, 2.75) is 69.7 Å². The molecule has 0 aliphatic rings. The maximum absolute atomic E-state index is 4.78. The van der Waals surface area contributed by atoms with Crippen LogP contribution in [0.1, 0.15) is 69.7 Å². The van der Waals surface area contributed by atoms with E-state index < -0.39 is 0 Å². The minimum atomic E-state index is 0. The van der Waals surface area contributed by atoms with Gasteiger partial charge < -0.3 is 0 Å². The molecule has 0 aromatic rings. The van der Waals surface area contributed by atoms with E-state index in [1.165, 1.54) is 0 Å². The van der Waals surface area contributed by atoms with Gasteiger partial charge in [-0.2, -0.15) is 0 Å². The summed E-state index contributed by atoms with van der Waals surface area (Å²) in [6, 6.07) is 0. The van der Waals surface area contributed by atoms with E-state index in [1.54, 1.807) is 0 Å². The molecule has 0 bridgehead atoms. The maximum atomic E-state index is 4.78. The van der Waals surface area contributed by atoms with E-state index in [2.05, 4.69) is 29.6 Å². The molecule has 0 heteroatoms. The van der Waals surface area contributed by atoms with Crippen molar-refractivity contribution in [3.05, 3.63) is 0 Å². The summed E-state index contributed by atoms with van der Waals surface area (Å²) >= 11 is 0.